The van der Waals surface area contributed by atoms with Gasteiger partial charge in [0.2, 0.25) is 0 Å². The van der Waals surface area contributed by atoms with E-state index in [4.69, 9.17) is 4.74 Å². The highest BCUT2D eigenvalue weighted by Crippen LogP contribution is 2.25. The van der Waals surface area contributed by atoms with E-state index < -0.39 is 0 Å². The van der Waals surface area contributed by atoms with Gasteiger partial charge < -0.3 is 4.74 Å². The predicted molar refractivity (Wildman–Crippen MR) is 68.9 cm³/mol. The second-order valence-corrected chi connectivity index (χ2v) is 3.42. The first-order valence-corrected chi connectivity index (χ1v) is 5.19. The van der Waals surface area contributed by atoms with Gasteiger partial charge in [0.1, 0.15) is 5.75 Å². The number of pyridine rings is 1. The van der Waals surface area contributed by atoms with Gasteiger partial charge in [0, 0.05) is 17.0 Å². The van der Waals surface area contributed by atoms with Crippen LogP contribution in [0.15, 0.2) is 43.2 Å². The maximum Gasteiger partial charge on any atom is 0.144 e. The molecule has 2 aromatic rings. The monoisotopic (exact) mass is 215 g/mol. The van der Waals surface area contributed by atoms with Crippen LogP contribution in [0.25, 0.3) is 10.8 Å². The third-order valence-electron chi connectivity index (χ3n) is 2.20. The number of benzene rings is 1. The molecular formula is C14H17NO. The summed E-state index contributed by atoms with van der Waals surface area (Å²) in [5, 5.41) is 2.28. The predicted octanol–water partition coefficient (Wildman–Crippen LogP) is 3.74. The third kappa shape index (κ3) is 2.60. The van der Waals surface area contributed by atoms with E-state index in [2.05, 4.69) is 24.6 Å². The van der Waals surface area contributed by atoms with Crippen LogP contribution < -0.4 is 4.74 Å². The molecule has 0 spiro atoms. The molecule has 0 saturated carbocycles. The molecule has 1 heterocycles. The minimum atomic E-state index is 0.834. The molecule has 0 bridgehead atoms. The molecule has 2 rings (SSSR count). The van der Waals surface area contributed by atoms with Crippen LogP contribution in [0.1, 0.15) is 12.5 Å². The van der Waals surface area contributed by atoms with Crippen LogP contribution in [0.4, 0.5) is 0 Å². The van der Waals surface area contributed by atoms with E-state index >= 15 is 0 Å². The summed E-state index contributed by atoms with van der Waals surface area (Å²) in [6.45, 7) is 7.32. The fourth-order valence-corrected chi connectivity index (χ4v) is 1.48. The van der Waals surface area contributed by atoms with Crippen LogP contribution in [0.2, 0.25) is 0 Å². The Morgan fingerprint density at radius 1 is 1.25 bits per heavy atom. The van der Waals surface area contributed by atoms with Crippen molar-refractivity contribution in [3.63, 3.8) is 0 Å². The summed E-state index contributed by atoms with van der Waals surface area (Å²) in [7, 11) is 1.67. The molecule has 2 nitrogen and oxygen atoms in total. The molecule has 0 aliphatic rings. The number of methoxy groups -OCH3 is 1. The summed E-state index contributed by atoms with van der Waals surface area (Å²) in [5.74, 6) is 0.834. The number of aromatic nitrogens is 1. The molecule has 0 unspecified atom stereocenters. The first kappa shape index (κ1) is 12.2. The van der Waals surface area contributed by atoms with Gasteiger partial charge in [-0.15, -0.1) is 6.58 Å². The second kappa shape index (κ2) is 5.91. The van der Waals surface area contributed by atoms with Crippen molar-refractivity contribution in [2.24, 2.45) is 0 Å². The van der Waals surface area contributed by atoms with Crippen molar-refractivity contribution in [2.45, 2.75) is 13.8 Å². The summed E-state index contributed by atoms with van der Waals surface area (Å²) in [6.07, 6.45) is 5.36. The van der Waals surface area contributed by atoms with E-state index in [1.165, 1.54) is 5.56 Å². The maximum atomic E-state index is 5.22. The van der Waals surface area contributed by atoms with Gasteiger partial charge >= 0.3 is 0 Å². The van der Waals surface area contributed by atoms with Crippen molar-refractivity contribution in [1.29, 1.82) is 0 Å². The molecule has 0 amide bonds. The molecule has 0 aliphatic carbocycles. The Balaban J connectivity index is 0.000000386. The smallest absolute Gasteiger partial charge is 0.144 e. The Bertz CT molecular complexity index is 477. The number of aryl methyl sites for hydroxylation is 1. The third-order valence-corrected chi connectivity index (χ3v) is 2.20. The van der Waals surface area contributed by atoms with Crippen molar-refractivity contribution in [3.05, 3.63) is 48.8 Å². The Morgan fingerprint density at radius 3 is 2.56 bits per heavy atom. The fourth-order valence-electron chi connectivity index (χ4n) is 1.48. The lowest BCUT2D eigenvalue weighted by Crippen LogP contribution is -1.87. The first-order chi connectivity index (χ1) is 7.74. The van der Waals surface area contributed by atoms with Gasteiger partial charge in [0.15, 0.2) is 0 Å². The van der Waals surface area contributed by atoms with E-state index in [0.29, 0.717) is 0 Å². The standard InChI is InChI=1S/C11H11NO.C3H6/c1-8-4-3-5-9-10(8)6-12-7-11(9)13-2;1-3-2/h3-7H,1-2H3;3H,1H2,2H3. The Kier molecular flexibility index (Phi) is 4.52. The highest BCUT2D eigenvalue weighted by molar-refractivity contribution is 5.89. The average molecular weight is 215 g/mol. The van der Waals surface area contributed by atoms with E-state index in [-0.39, 0.29) is 0 Å². The van der Waals surface area contributed by atoms with Gasteiger partial charge in [0.05, 0.1) is 13.3 Å². The normalized spacial score (nSPS) is 9.19. The molecule has 0 saturated heterocycles. The summed E-state index contributed by atoms with van der Waals surface area (Å²) in [6, 6.07) is 6.15. The van der Waals surface area contributed by atoms with Crippen molar-refractivity contribution < 1.29 is 4.74 Å². The van der Waals surface area contributed by atoms with Gasteiger partial charge in [-0.2, -0.15) is 0 Å². The van der Waals surface area contributed by atoms with Gasteiger partial charge in [-0.25, -0.2) is 0 Å². The number of ether oxygens (including phenoxy) is 1. The lowest BCUT2D eigenvalue weighted by molar-refractivity contribution is 0.418. The molecular weight excluding hydrogens is 198 g/mol. The molecule has 0 N–H and O–H groups in total. The van der Waals surface area contributed by atoms with Crippen LogP contribution in [0, 0.1) is 6.92 Å². The summed E-state index contributed by atoms with van der Waals surface area (Å²) >= 11 is 0. The summed E-state index contributed by atoms with van der Waals surface area (Å²) < 4.78 is 5.22. The Labute approximate surface area is 96.6 Å². The van der Waals surface area contributed by atoms with Crippen molar-refractivity contribution in [2.75, 3.05) is 7.11 Å². The molecule has 1 aromatic carbocycles. The largest absolute Gasteiger partial charge is 0.494 e. The Morgan fingerprint density at radius 2 is 1.94 bits per heavy atom. The average Bonchev–Trinajstić information content (AvgIpc) is 2.30. The zero-order valence-electron chi connectivity index (χ0n) is 10.0. The maximum absolute atomic E-state index is 5.22. The van der Waals surface area contributed by atoms with Crippen LogP contribution in [-0.2, 0) is 0 Å². The number of fused-ring (bicyclic) bond motifs is 1. The van der Waals surface area contributed by atoms with Gasteiger partial charge in [-0.1, -0.05) is 24.3 Å². The van der Waals surface area contributed by atoms with E-state index in [1.54, 1.807) is 19.4 Å². The van der Waals surface area contributed by atoms with Crippen LogP contribution >= 0.6 is 0 Å². The zero-order chi connectivity index (χ0) is 12.0. The van der Waals surface area contributed by atoms with Crippen molar-refractivity contribution in [3.8, 4) is 5.75 Å². The molecule has 84 valence electrons. The first-order valence-electron chi connectivity index (χ1n) is 5.19. The molecule has 0 atom stereocenters. The topological polar surface area (TPSA) is 22.1 Å². The van der Waals surface area contributed by atoms with Crippen LogP contribution in [0.3, 0.4) is 0 Å². The van der Waals surface area contributed by atoms with E-state index in [9.17, 15) is 0 Å². The molecule has 2 heteroatoms. The number of hydrogen-bond acceptors (Lipinski definition) is 2. The highest BCUT2D eigenvalue weighted by Gasteiger charge is 2.01. The van der Waals surface area contributed by atoms with E-state index in [1.807, 2.05) is 25.3 Å². The summed E-state index contributed by atoms with van der Waals surface area (Å²) in [4.78, 5) is 4.12. The van der Waals surface area contributed by atoms with E-state index in [0.717, 1.165) is 16.5 Å². The van der Waals surface area contributed by atoms with Crippen LogP contribution in [-0.4, -0.2) is 12.1 Å². The van der Waals surface area contributed by atoms with Crippen molar-refractivity contribution >= 4 is 10.8 Å². The number of rotatable bonds is 1. The van der Waals surface area contributed by atoms with Gasteiger partial charge in [-0.05, 0) is 19.4 Å². The zero-order valence-corrected chi connectivity index (χ0v) is 10.0. The fraction of sp³-hybridized carbons (Fsp3) is 0.214. The quantitative estimate of drug-likeness (QED) is 0.676. The molecule has 0 fully saturated rings. The number of nitrogens with zero attached hydrogens (tertiary/aromatic N) is 1. The van der Waals surface area contributed by atoms with Crippen LogP contribution in [0.5, 0.6) is 5.75 Å². The number of hydrogen-bond donors (Lipinski definition) is 0. The Hall–Kier alpha value is -1.83. The molecule has 0 aliphatic heterocycles. The minimum Gasteiger partial charge on any atom is -0.494 e. The lowest BCUT2D eigenvalue weighted by Gasteiger charge is -2.05. The minimum absolute atomic E-state index is 0.834. The second-order valence-electron chi connectivity index (χ2n) is 3.42. The molecule has 16 heavy (non-hydrogen) atoms. The number of allylic oxidation sites excluding steroid dienone is 1. The highest BCUT2D eigenvalue weighted by atomic mass is 16.5. The molecule has 0 radical (unpaired) electrons. The van der Waals surface area contributed by atoms with Crippen molar-refractivity contribution in [1.82, 2.24) is 4.98 Å². The van der Waals surface area contributed by atoms with Gasteiger partial charge in [0.25, 0.3) is 0 Å². The van der Waals surface area contributed by atoms with Gasteiger partial charge in [-0.3, -0.25) is 4.98 Å². The lowest BCUT2D eigenvalue weighted by atomic mass is 10.1. The summed E-state index contributed by atoms with van der Waals surface area (Å²) in [5.41, 5.74) is 1.23. The molecule has 1 aromatic heterocycles. The SMILES string of the molecule is C=CC.COc1cncc2c(C)cccc12.